The lowest BCUT2D eigenvalue weighted by Crippen LogP contribution is -2.51. The predicted molar refractivity (Wildman–Crippen MR) is 106 cm³/mol. The molecule has 0 bridgehead atoms. The van der Waals surface area contributed by atoms with Crippen molar-refractivity contribution >= 4 is 21.7 Å². The van der Waals surface area contributed by atoms with Gasteiger partial charge in [-0.2, -0.15) is 4.98 Å². The topological polar surface area (TPSA) is 122 Å². The molecule has 1 fully saturated rings. The number of nitrogens with one attached hydrogen (secondary N) is 1. The summed E-state index contributed by atoms with van der Waals surface area (Å²) in [7, 11) is -3.09. The first kappa shape index (κ1) is 21.9. The molecule has 9 nitrogen and oxygen atoms in total. The molecular weight excluding hydrogens is 415 g/mol. The van der Waals surface area contributed by atoms with Crippen LogP contribution in [0, 0.1) is 12.7 Å². The summed E-state index contributed by atoms with van der Waals surface area (Å²) in [5.74, 6) is -0.744. The predicted octanol–water partition coefficient (Wildman–Crippen LogP) is 0.878. The zero-order chi connectivity index (χ0) is 21.9. The molecule has 3 rings (SSSR count). The highest BCUT2D eigenvalue weighted by Crippen LogP contribution is 2.19. The minimum atomic E-state index is -3.09. The average molecular weight is 438 g/mol. The lowest BCUT2D eigenvalue weighted by atomic mass is 10.1. The number of sulfone groups is 1. The molecule has 1 aromatic heterocycles. The highest BCUT2D eigenvalue weighted by molar-refractivity contribution is 7.91. The molecule has 2 amide bonds. The molecule has 162 valence electrons. The number of nitrogens with zero attached hydrogens (tertiary/aromatic N) is 3. The number of carbonyl (C=O) groups is 2. The fourth-order valence-electron chi connectivity index (χ4n) is 3.01. The second kappa shape index (κ2) is 8.90. The van der Waals surface area contributed by atoms with E-state index in [0.717, 1.165) is 0 Å². The zero-order valence-corrected chi connectivity index (χ0v) is 17.5. The van der Waals surface area contributed by atoms with Gasteiger partial charge in [0.05, 0.1) is 11.5 Å². The van der Waals surface area contributed by atoms with E-state index in [4.69, 9.17) is 4.52 Å². The molecule has 2 aromatic rings. The smallest absolute Gasteiger partial charge is 0.244 e. The van der Waals surface area contributed by atoms with E-state index in [1.54, 1.807) is 26.0 Å². The van der Waals surface area contributed by atoms with Crippen molar-refractivity contribution in [3.63, 3.8) is 0 Å². The molecule has 30 heavy (non-hydrogen) atoms. The number of aromatic nitrogens is 2. The van der Waals surface area contributed by atoms with E-state index in [0.29, 0.717) is 11.1 Å². The number of hydrogen-bond acceptors (Lipinski definition) is 7. The number of halogens is 1. The van der Waals surface area contributed by atoms with E-state index in [2.05, 4.69) is 15.5 Å². The van der Waals surface area contributed by atoms with E-state index < -0.39 is 15.9 Å². The lowest BCUT2D eigenvalue weighted by Gasteiger charge is -2.29. The number of amides is 2. The maximum atomic E-state index is 13.7. The summed E-state index contributed by atoms with van der Waals surface area (Å²) in [6.07, 6.45) is 0.186. The number of benzene rings is 1. The zero-order valence-electron chi connectivity index (χ0n) is 16.7. The lowest BCUT2D eigenvalue weighted by molar-refractivity contribution is -0.135. The maximum Gasteiger partial charge on any atom is 0.244 e. The Hall–Kier alpha value is -2.82. The van der Waals surface area contributed by atoms with Crippen LogP contribution in [-0.2, 0) is 25.8 Å². The van der Waals surface area contributed by atoms with Crippen LogP contribution < -0.4 is 5.32 Å². The average Bonchev–Trinajstić information content (AvgIpc) is 3.17. The van der Waals surface area contributed by atoms with Crippen LogP contribution in [0.15, 0.2) is 22.7 Å². The quantitative estimate of drug-likeness (QED) is 0.710. The molecule has 1 aromatic carbocycles. The number of rotatable bonds is 6. The van der Waals surface area contributed by atoms with Crippen molar-refractivity contribution in [3.8, 4) is 11.4 Å². The van der Waals surface area contributed by atoms with Crippen LogP contribution in [0.3, 0.4) is 0 Å². The molecular formula is C19H23FN4O5S. The maximum absolute atomic E-state index is 13.7. The van der Waals surface area contributed by atoms with E-state index >= 15 is 0 Å². The van der Waals surface area contributed by atoms with Gasteiger partial charge in [-0.25, -0.2) is 12.8 Å². The summed E-state index contributed by atoms with van der Waals surface area (Å²) in [5.41, 5.74) is 0.981. The highest BCUT2D eigenvalue weighted by atomic mass is 32.2. The minimum absolute atomic E-state index is 0.0237. The second-order valence-electron chi connectivity index (χ2n) is 7.24. The van der Waals surface area contributed by atoms with Gasteiger partial charge in [0.25, 0.3) is 0 Å². The SMILES string of the molecule is Cc1ccc(-c2noc(CCC(=O)NC(C)C(=O)N3CCS(=O)(=O)CC3)n2)cc1F. The largest absolute Gasteiger partial charge is 0.345 e. The van der Waals surface area contributed by atoms with Gasteiger partial charge < -0.3 is 14.7 Å². The van der Waals surface area contributed by atoms with E-state index in [-0.39, 0.29) is 66.8 Å². The molecule has 1 N–H and O–H groups in total. The van der Waals surface area contributed by atoms with Crippen LogP contribution in [-0.4, -0.2) is 65.9 Å². The summed E-state index contributed by atoms with van der Waals surface area (Å²) in [5, 5.41) is 6.40. The van der Waals surface area contributed by atoms with E-state index in [1.807, 2.05) is 0 Å². The van der Waals surface area contributed by atoms with Gasteiger partial charge >= 0.3 is 0 Å². The standard InChI is InChI=1S/C19H23FN4O5S/c1-12-3-4-14(11-15(12)20)18-22-17(29-23-18)6-5-16(25)21-13(2)19(26)24-7-9-30(27,28)10-8-24/h3-4,11,13H,5-10H2,1-2H3,(H,21,25). The van der Waals surface area contributed by atoms with Gasteiger partial charge in [-0.05, 0) is 25.5 Å². The van der Waals surface area contributed by atoms with Crippen molar-refractivity contribution in [2.24, 2.45) is 0 Å². The Morgan fingerprint density at radius 2 is 2.00 bits per heavy atom. The molecule has 0 aliphatic carbocycles. The first-order chi connectivity index (χ1) is 14.1. The third-order valence-electron chi connectivity index (χ3n) is 4.87. The Bertz CT molecular complexity index is 1040. The van der Waals surface area contributed by atoms with Gasteiger partial charge in [-0.3, -0.25) is 9.59 Å². The number of hydrogen-bond donors (Lipinski definition) is 1. The third-order valence-corrected chi connectivity index (χ3v) is 6.48. The summed E-state index contributed by atoms with van der Waals surface area (Å²) >= 11 is 0. The summed E-state index contributed by atoms with van der Waals surface area (Å²) < 4.78 is 41.7. The van der Waals surface area contributed by atoms with E-state index in [9.17, 15) is 22.4 Å². The van der Waals surface area contributed by atoms with Gasteiger partial charge in [0.1, 0.15) is 11.9 Å². The van der Waals surface area contributed by atoms with Gasteiger partial charge in [0.15, 0.2) is 9.84 Å². The Kier molecular flexibility index (Phi) is 6.49. The molecule has 1 unspecified atom stereocenters. The van der Waals surface area contributed by atoms with Gasteiger partial charge in [-0.15, -0.1) is 0 Å². The van der Waals surface area contributed by atoms with Crippen molar-refractivity contribution in [3.05, 3.63) is 35.5 Å². The molecule has 0 saturated carbocycles. The third kappa shape index (κ3) is 5.41. The highest BCUT2D eigenvalue weighted by Gasteiger charge is 2.28. The summed E-state index contributed by atoms with van der Waals surface area (Å²) in [6.45, 7) is 3.47. The molecule has 11 heteroatoms. The molecule has 0 spiro atoms. The molecule has 1 saturated heterocycles. The van der Waals surface area contributed by atoms with Gasteiger partial charge in [0.2, 0.25) is 23.5 Å². The Balaban J connectivity index is 1.49. The molecule has 1 aliphatic rings. The van der Waals surface area contributed by atoms with Crippen LogP contribution in [0.4, 0.5) is 4.39 Å². The van der Waals surface area contributed by atoms with Crippen molar-refractivity contribution in [2.75, 3.05) is 24.6 Å². The van der Waals surface area contributed by atoms with Crippen molar-refractivity contribution in [2.45, 2.75) is 32.7 Å². The molecule has 0 radical (unpaired) electrons. The monoisotopic (exact) mass is 438 g/mol. The summed E-state index contributed by atoms with van der Waals surface area (Å²) in [6, 6.07) is 3.84. The Labute approximate surface area is 173 Å². The van der Waals surface area contributed by atoms with Crippen LogP contribution in [0.25, 0.3) is 11.4 Å². The molecule has 1 atom stereocenters. The molecule has 1 aliphatic heterocycles. The minimum Gasteiger partial charge on any atom is -0.345 e. The van der Waals surface area contributed by atoms with Crippen LogP contribution in [0.2, 0.25) is 0 Å². The van der Waals surface area contributed by atoms with Crippen molar-refractivity contribution < 1.29 is 26.9 Å². The fourth-order valence-corrected chi connectivity index (χ4v) is 4.21. The first-order valence-corrected chi connectivity index (χ1v) is 11.3. The first-order valence-electron chi connectivity index (χ1n) is 9.52. The molecule has 2 heterocycles. The van der Waals surface area contributed by atoms with Crippen LogP contribution in [0.1, 0.15) is 24.8 Å². The van der Waals surface area contributed by atoms with Crippen molar-refractivity contribution in [1.82, 2.24) is 20.4 Å². The fraction of sp³-hybridized carbons (Fsp3) is 0.474. The van der Waals surface area contributed by atoms with Gasteiger partial charge in [-0.1, -0.05) is 17.3 Å². The van der Waals surface area contributed by atoms with Crippen LogP contribution in [0.5, 0.6) is 0 Å². The Morgan fingerprint density at radius 1 is 1.30 bits per heavy atom. The summed E-state index contributed by atoms with van der Waals surface area (Å²) in [4.78, 5) is 30.1. The number of aryl methyl sites for hydroxylation is 2. The Morgan fingerprint density at radius 3 is 2.67 bits per heavy atom. The van der Waals surface area contributed by atoms with Crippen LogP contribution >= 0.6 is 0 Å². The van der Waals surface area contributed by atoms with E-state index in [1.165, 1.54) is 11.0 Å². The normalized spacial score (nSPS) is 16.8. The number of carbonyl (C=O) groups excluding carboxylic acids is 2. The van der Waals surface area contributed by atoms with Gasteiger partial charge in [0, 0.05) is 31.5 Å². The van der Waals surface area contributed by atoms with Crippen molar-refractivity contribution in [1.29, 1.82) is 0 Å². The second-order valence-corrected chi connectivity index (χ2v) is 9.55.